The average Bonchev–Trinajstić information content (AvgIpc) is 3.34. The number of hydrogen-bond acceptors (Lipinski definition) is 13. The van der Waals surface area contributed by atoms with Crippen molar-refractivity contribution >= 4 is 75.2 Å². The molecule has 2 aliphatic rings. The Bertz CT molecular complexity index is 1230. The Morgan fingerprint density at radius 2 is 2.24 bits per heavy atom. The highest BCUT2D eigenvalue weighted by Gasteiger charge is 2.58. The number of aromatic nitrogens is 2. The fourth-order valence-electron chi connectivity index (χ4n) is 3.68. The molecule has 204 valence electrons. The minimum Gasteiger partial charge on any atom is -0.480 e. The van der Waals surface area contributed by atoms with E-state index in [1.807, 2.05) is 0 Å². The second-order valence-corrected chi connectivity index (χ2v) is 12.6. The Labute approximate surface area is 233 Å². The maximum atomic E-state index is 13.0. The molecular weight excluding hydrogens is 578 g/mol. The molecule has 2 amide bonds. The summed E-state index contributed by atoms with van der Waals surface area (Å²) in [6.07, 6.45) is 3.26. The molecular formula is C21H24FN7O5S4. The number of nitrogens with zero attached hydrogens (tertiary/aromatic N) is 4. The lowest BCUT2D eigenvalue weighted by Gasteiger charge is -2.53. The number of thioether (sulfide) groups is 3. The zero-order valence-corrected chi connectivity index (χ0v) is 23.0. The number of anilines is 1. The van der Waals surface area contributed by atoms with Gasteiger partial charge in [-0.05, 0) is 6.07 Å². The molecule has 4 rings (SSSR count). The van der Waals surface area contributed by atoms with Crippen molar-refractivity contribution in [3.05, 3.63) is 29.5 Å². The fourth-order valence-corrected chi connectivity index (χ4v) is 8.04. The summed E-state index contributed by atoms with van der Waals surface area (Å²) in [6, 6.07) is 0.853. The van der Waals surface area contributed by atoms with E-state index in [0.717, 1.165) is 21.1 Å². The molecule has 0 radical (unpaired) electrons. The lowest BCUT2D eigenvalue weighted by atomic mass is 10.0. The molecule has 2 fully saturated rings. The third kappa shape index (κ3) is 6.01. The van der Waals surface area contributed by atoms with Crippen LogP contribution in [-0.2, 0) is 19.2 Å². The van der Waals surface area contributed by atoms with Crippen LogP contribution in [0.3, 0.4) is 0 Å². The number of nitrogens with two attached hydrogens (primary N) is 2. The molecule has 38 heavy (non-hydrogen) atoms. The molecule has 0 aliphatic carbocycles. The van der Waals surface area contributed by atoms with E-state index in [-0.39, 0.29) is 35.4 Å². The highest BCUT2D eigenvalue weighted by Crippen LogP contribution is 2.47. The summed E-state index contributed by atoms with van der Waals surface area (Å²) >= 11 is 5.02. The van der Waals surface area contributed by atoms with E-state index in [4.69, 9.17) is 16.3 Å². The maximum absolute atomic E-state index is 13.0. The van der Waals surface area contributed by atoms with E-state index in [1.165, 1.54) is 45.6 Å². The van der Waals surface area contributed by atoms with E-state index < -0.39 is 40.6 Å². The molecule has 0 spiro atoms. The van der Waals surface area contributed by atoms with Crippen LogP contribution in [-0.4, -0.2) is 97.5 Å². The van der Waals surface area contributed by atoms with Crippen LogP contribution >= 0.6 is 46.6 Å². The fraction of sp³-hybridized carbons (Fsp3) is 0.429. The Kier molecular flexibility index (Phi) is 9.35. The van der Waals surface area contributed by atoms with Crippen LogP contribution in [0.15, 0.2) is 38.8 Å². The summed E-state index contributed by atoms with van der Waals surface area (Å²) in [7, 11) is 0. The van der Waals surface area contributed by atoms with Gasteiger partial charge in [0.25, 0.3) is 5.91 Å². The number of thiazole rings is 1. The van der Waals surface area contributed by atoms with Gasteiger partial charge in [-0.25, -0.2) is 9.37 Å². The van der Waals surface area contributed by atoms with Crippen molar-refractivity contribution in [3.8, 4) is 0 Å². The molecule has 0 aromatic carbocycles. The number of carbonyl (C=O) groups is 3. The van der Waals surface area contributed by atoms with Crippen molar-refractivity contribution in [1.82, 2.24) is 20.2 Å². The first kappa shape index (κ1) is 28.4. The number of carboxylic acid groups (broad SMARTS) is 1. The van der Waals surface area contributed by atoms with Gasteiger partial charge < -0.3 is 31.6 Å². The van der Waals surface area contributed by atoms with Crippen LogP contribution in [0.5, 0.6) is 0 Å². The van der Waals surface area contributed by atoms with Gasteiger partial charge in [-0.15, -0.1) is 46.6 Å². The summed E-state index contributed by atoms with van der Waals surface area (Å²) in [4.78, 5) is 54.5. The zero-order chi connectivity index (χ0) is 27.3. The number of halogens is 1. The van der Waals surface area contributed by atoms with E-state index in [2.05, 4.69) is 20.4 Å². The number of nitrogen functional groups attached to an aromatic ring is 1. The third-order valence-corrected chi connectivity index (χ3v) is 10.5. The number of β-lactam (4-membered cyclic amide) rings is 1. The molecule has 12 nitrogen and oxygen atoms in total. The predicted molar refractivity (Wildman–Crippen MR) is 145 cm³/mol. The first-order valence-electron chi connectivity index (χ1n) is 11.2. The highest BCUT2D eigenvalue weighted by molar-refractivity contribution is 8.05. The normalized spacial score (nSPS) is 22.9. The molecule has 2 aromatic rings. The number of rotatable bonds is 12. The van der Waals surface area contributed by atoms with Gasteiger partial charge in [-0.3, -0.25) is 19.4 Å². The van der Waals surface area contributed by atoms with Crippen molar-refractivity contribution < 1.29 is 28.7 Å². The number of alkyl halides is 1. The third-order valence-electron chi connectivity index (χ3n) is 5.46. The average molecular weight is 602 g/mol. The standard InChI is InChI=1S/C21H24FN7O5S4/c22-2-5-34-28-14(11-8-36-20(24)26-11)16(30)27-15-17(31)29-9-21(19(32)33,10-37-18(15)29)38-12-1-4-25-7-13(12)35-6-3-23/h1,4,7-8,15,18H,2-3,5-6,9-10,23H2,(H2,24,26)(H,27,30)(H,32,33)/t15-,18-,21?/m1/s1. The van der Waals surface area contributed by atoms with E-state index in [0.29, 0.717) is 12.3 Å². The number of nitrogens with one attached hydrogen (secondary N) is 1. The second kappa shape index (κ2) is 12.5. The van der Waals surface area contributed by atoms with Crippen LogP contribution in [0, 0.1) is 0 Å². The smallest absolute Gasteiger partial charge is 0.322 e. The molecule has 3 atom stereocenters. The second-order valence-electron chi connectivity index (χ2n) is 8.01. The minimum atomic E-state index is -1.30. The van der Waals surface area contributed by atoms with E-state index in [1.54, 1.807) is 18.5 Å². The van der Waals surface area contributed by atoms with Gasteiger partial charge in [0.1, 0.15) is 35.1 Å². The largest absolute Gasteiger partial charge is 0.480 e. The summed E-state index contributed by atoms with van der Waals surface area (Å²) in [5.41, 5.74) is 11.2. The number of carboxylic acids is 1. The van der Waals surface area contributed by atoms with Gasteiger partial charge in [-0.2, -0.15) is 0 Å². The van der Waals surface area contributed by atoms with Crippen molar-refractivity contribution in [2.45, 2.75) is 26.0 Å². The zero-order valence-electron chi connectivity index (χ0n) is 19.7. The number of amides is 2. The summed E-state index contributed by atoms with van der Waals surface area (Å²) in [5, 5.41) is 17.7. The molecule has 0 saturated carbocycles. The lowest BCUT2D eigenvalue weighted by Crippen LogP contribution is -2.74. The predicted octanol–water partition coefficient (Wildman–Crippen LogP) is 0.877. The minimum absolute atomic E-state index is 0.0393. The van der Waals surface area contributed by atoms with Gasteiger partial charge in [0.05, 0.1) is 0 Å². The summed E-state index contributed by atoms with van der Waals surface area (Å²) in [5.74, 6) is -1.35. The summed E-state index contributed by atoms with van der Waals surface area (Å²) < 4.78 is 11.2. The molecule has 0 bridgehead atoms. The Balaban J connectivity index is 1.47. The molecule has 17 heteroatoms. The van der Waals surface area contributed by atoms with Crippen LogP contribution in [0.25, 0.3) is 0 Å². The summed E-state index contributed by atoms with van der Waals surface area (Å²) in [6.45, 7) is -0.737. The molecule has 1 unspecified atom stereocenters. The van der Waals surface area contributed by atoms with Crippen LogP contribution in [0.1, 0.15) is 5.69 Å². The quantitative estimate of drug-likeness (QED) is 0.0886. The number of oxime groups is 1. The monoisotopic (exact) mass is 601 g/mol. The lowest BCUT2D eigenvalue weighted by molar-refractivity contribution is -0.151. The number of carbonyl (C=O) groups excluding carboxylic acids is 2. The van der Waals surface area contributed by atoms with Crippen molar-refractivity contribution in [2.75, 3.05) is 43.6 Å². The Morgan fingerprint density at radius 1 is 1.42 bits per heavy atom. The van der Waals surface area contributed by atoms with Gasteiger partial charge in [0, 0.05) is 52.2 Å². The van der Waals surface area contributed by atoms with Gasteiger partial charge in [0.15, 0.2) is 10.8 Å². The van der Waals surface area contributed by atoms with Gasteiger partial charge in [-0.1, -0.05) is 5.16 Å². The Hall–Kier alpha value is -2.60. The van der Waals surface area contributed by atoms with Gasteiger partial charge in [0.2, 0.25) is 5.91 Å². The van der Waals surface area contributed by atoms with Crippen molar-refractivity contribution in [3.63, 3.8) is 0 Å². The van der Waals surface area contributed by atoms with Gasteiger partial charge >= 0.3 is 5.97 Å². The van der Waals surface area contributed by atoms with E-state index in [9.17, 15) is 23.9 Å². The van der Waals surface area contributed by atoms with Crippen molar-refractivity contribution in [1.29, 1.82) is 0 Å². The van der Waals surface area contributed by atoms with Crippen LogP contribution in [0.4, 0.5) is 9.52 Å². The molecule has 2 aliphatic heterocycles. The number of aliphatic carboxylic acids is 1. The van der Waals surface area contributed by atoms with Crippen molar-refractivity contribution in [2.24, 2.45) is 10.9 Å². The SMILES string of the molecule is NCCSc1cnccc1SC1(C(=O)O)CS[C@@H]2[C@H](NC(=O)C(=NOCCF)c3csc(N)n3)C(=O)N2C1. The van der Waals surface area contributed by atoms with Crippen LogP contribution in [0.2, 0.25) is 0 Å². The number of pyridine rings is 1. The maximum Gasteiger partial charge on any atom is 0.322 e. The Morgan fingerprint density at radius 3 is 2.92 bits per heavy atom. The highest BCUT2D eigenvalue weighted by atomic mass is 32.2. The molecule has 4 heterocycles. The molecule has 2 aromatic heterocycles. The number of hydrogen-bond donors (Lipinski definition) is 4. The van der Waals surface area contributed by atoms with Crippen LogP contribution < -0.4 is 16.8 Å². The topological polar surface area (TPSA) is 186 Å². The number of fused-ring (bicyclic) bond motifs is 1. The first-order chi connectivity index (χ1) is 18.3. The van der Waals surface area contributed by atoms with E-state index >= 15 is 0 Å². The molecule has 6 N–H and O–H groups in total. The first-order valence-corrected chi connectivity index (χ1v) is 14.9. The molecule has 2 saturated heterocycles.